The van der Waals surface area contributed by atoms with Crippen molar-refractivity contribution in [1.82, 2.24) is 14.3 Å². The van der Waals surface area contributed by atoms with Crippen LogP contribution in [0.5, 0.6) is 0 Å². The van der Waals surface area contributed by atoms with Crippen molar-refractivity contribution in [2.75, 3.05) is 5.32 Å². The third kappa shape index (κ3) is 2.20. The Labute approximate surface area is 137 Å². The molecule has 0 aliphatic heterocycles. The second-order valence-electron chi connectivity index (χ2n) is 5.55. The zero-order chi connectivity index (χ0) is 16.7. The van der Waals surface area contributed by atoms with Crippen LogP contribution in [0.4, 0.5) is 11.7 Å². The molecule has 0 amide bonds. The number of hydrogen-bond acceptors (Lipinski definition) is 4. The van der Waals surface area contributed by atoms with Crippen LogP contribution in [0.2, 0.25) is 0 Å². The van der Waals surface area contributed by atoms with Crippen molar-refractivity contribution in [3.05, 3.63) is 70.6 Å². The number of aromatic nitrogens is 3. The van der Waals surface area contributed by atoms with E-state index in [4.69, 9.17) is 4.42 Å². The molecule has 6 nitrogen and oxygen atoms in total. The molecule has 0 saturated heterocycles. The number of nitrogens with zero attached hydrogens (tertiary/aromatic N) is 3. The topological polar surface area (TPSA) is 65.0 Å². The van der Waals surface area contributed by atoms with E-state index < -0.39 is 0 Å². The first-order valence-corrected chi connectivity index (χ1v) is 7.62. The van der Waals surface area contributed by atoms with Crippen LogP contribution in [-0.2, 0) is 7.05 Å². The predicted octanol–water partition coefficient (Wildman–Crippen LogP) is 3.37. The molecule has 4 rings (SSSR count). The maximum atomic E-state index is 12.8. The summed E-state index contributed by atoms with van der Waals surface area (Å²) in [5.74, 6) is 0. The molecule has 0 fully saturated rings. The van der Waals surface area contributed by atoms with E-state index in [1.54, 1.807) is 4.68 Å². The zero-order valence-electron chi connectivity index (χ0n) is 13.4. The highest BCUT2D eigenvalue weighted by atomic mass is 16.4. The van der Waals surface area contributed by atoms with Gasteiger partial charge in [0.15, 0.2) is 5.58 Å². The van der Waals surface area contributed by atoms with Crippen molar-refractivity contribution in [3.8, 4) is 5.69 Å². The number of rotatable bonds is 3. The molecule has 0 aliphatic carbocycles. The maximum absolute atomic E-state index is 12.8. The van der Waals surface area contributed by atoms with Crippen molar-refractivity contribution in [1.29, 1.82) is 0 Å². The Balaban J connectivity index is 1.80. The largest absolute Gasteiger partial charge is 0.423 e. The van der Waals surface area contributed by atoms with Crippen molar-refractivity contribution >= 4 is 22.8 Å². The number of anilines is 2. The van der Waals surface area contributed by atoms with E-state index in [-0.39, 0.29) is 5.56 Å². The molecule has 0 aliphatic rings. The van der Waals surface area contributed by atoms with Gasteiger partial charge in [-0.25, -0.2) is 4.68 Å². The van der Waals surface area contributed by atoms with Gasteiger partial charge in [0, 0.05) is 7.05 Å². The fraction of sp³-hybridized carbons (Fsp3) is 0.111. The summed E-state index contributed by atoms with van der Waals surface area (Å²) < 4.78 is 9.08. The molecule has 0 radical (unpaired) electrons. The van der Waals surface area contributed by atoms with Crippen molar-refractivity contribution in [3.63, 3.8) is 0 Å². The molecule has 0 spiro atoms. The maximum Gasteiger partial charge on any atom is 0.300 e. The molecule has 120 valence electrons. The fourth-order valence-corrected chi connectivity index (χ4v) is 2.74. The SMILES string of the molecule is Cc1c(Nc2nc3ccccc3o2)c(=O)n(-c2ccccc2)n1C. The number of hydrogen-bond donors (Lipinski definition) is 1. The summed E-state index contributed by atoms with van der Waals surface area (Å²) in [6.07, 6.45) is 0. The molecular weight excluding hydrogens is 304 g/mol. The molecule has 0 unspecified atom stereocenters. The Morgan fingerprint density at radius 2 is 1.75 bits per heavy atom. The minimum absolute atomic E-state index is 0.150. The average molecular weight is 320 g/mol. The molecular formula is C18H16N4O2. The molecule has 2 aromatic carbocycles. The van der Waals surface area contributed by atoms with E-state index in [0.717, 1.165) is 16.9 Å². The molecule has 0 bridgehead atoms. The second kappa shape index (κ2) is 5.42. The van der Waals surface area contributed by atoms with Crippen LogP contribution in [0.3, 0.4) is 0 Å². The minimum Gasteiger partial charge on any atom is -0.423 e. The zero-order valence-corrected chi connectivity index (χ0v) is 13.4. The first kappa shape index (κ1) is 14.3. The van der Waals surface area contributed by atoms with Gasteiger partial charge in [-0.1, -0.05) is 30.3 Å². The summed E-state index contributed by atoms with van der Waals surface area (Å²) in [7, 11) is 1.85. The first-order chi connectivity index (χ1) is 11.6. The third-order valence-electron chi connectivity index (χ3n) is 4.08. The van der Waals surface area contributed by atoms with Gasteiger partial charge in [-0.2, -0.15) is 4.98 Å². The summed E-state index contributed by atoms with van der Waals surface area (Å²) in [4.78, 5) is 17.2. The van der Waals surface area contributed by atoms with E-state index in [1.165, 1.54) is 0 Å². The van der Waals surface area contributed by atoms with Crippen LogP contribution in [0.1, 0.15) is 5.69 Å². The van der Waals surface area contributed by atoms with Crippen molar-refractivity contribution in [2.45, 2.75) is 6.92 Å². The van der Waals surface area contributed by atoms with Crippen LogP contribution in [-0.4, -0.2) is 14.3 Å². The standard InChI is InChI=1S/C18H16N4O2/c1-12-16(20-18-19-14-10-6-7-11-15(14)24-18)17(23)22(21(12)2)13-8-4-3-5-9-13/h3-11H,1-2H3,(H,19,20). The van der Waals surface area contributed by atoms with Crippen molar-refractivity contribution < 1.29 is 4.42 Å². The molecule has 0 atom stereocenters. The van der Waals surface area contributed by atoms with Crippen molar-refractivity contribution in [2.24, 2.45) is 7.05 Å². The van der Waals surface area contributed by atoms with Crippen LogP contribution in [0.15, 0.2) is 63.8 Å². The van der Waals surface area contributed by atoms with Crippen LogP contribution >= 0.6 is 0 Å². The number of fused-ring (bicyclic) bond motifs is 1. The first-order valence-electron chi connectivity index (χ1n) is 7.62. The lowest BCUT2D eigenvalue weighted by atomic mass is 10.3. The van der Waals surface area contributed by atoms with Gasteiger partial charge < -0.3 is 9.73 Å². The van der Waals surface area contributed by atoms with Gasteiger partial charge in [0.2, 0.25) is 0 Å². The lowest BCUT2D eigenvalue weighted by molar-refractivity contribution is 0.622. The quantitative estimate of drug-likeness (QED) is 0.628. The smallest absolute Gasteiger partial charge is 0.300 e. The highest BCUT2D eigenvalue weighted by Gasteiger charge is 2.18. The Hall–Kier alpha value is -3.28. The van der Waals surface area contributed by atoms with E-state index in [1.807, 2.05) is 73.3 Å². The van der Waals surface area contributed by atoms with Gasteiger partial charge in [-0.3, -0.25) is 9.48 Å². The summed E-state index contributed by atoms with van der Waals surface area (Å²) in [5.41, 5.74) is 3.33. The van der Waals surface area contributed by atoms with Crippen LogP contribution in [0, 0.1) is 6.92 Å². The van der Waals surface area contributed by atoms with Crippen LogP contribution in [0.25, 0.3) is 16.8 Å². The van der Waals surface area contributed by atoms with Gasteiger partial charge in [-0.15, -0.1) is 0 Å². The molecule has 2 heterocycles. The Morgan fingerprint density at radius 3 is 2.50 bits per heavy atom. The monoisotopic (exact) mass is 320 g/mol. The molecule has 2 aromatic heterocycles. The number of nitrogens with one attached hydrogen (secondary N) is 1. The number of benzene rings is 2. The van der Waals surface area contributed by atoms with Gasteiger partial charge in [0.1, 0.15) is 11.2 Å². The number of oxazole rings is 1. The highest BCUT2D eigenvalue weighted by Crippen LogP contribution is 2.22. The van der Waals surface area contributed by atoms with Gasteiger partial charge in [0.05, 0.1) is 11.4 Å². The number of para-hydroxylation sites is 3. The minimum atomic E-state index is -0.150. The highest BCUT2D eigenvalue weighted by molar-refractivity contribution is 5.75. The third-order valence-corrected chi connectivity index (χ3v) is 4.08. The molecule has 6 heteroatoms. The van der Waals surface area contributed by atoms with E-state index in [0.29, 0.717) is 17.3 Å². The molecule has 0 saturated carbocycles. The van der Waals surface area contributed by atoms with Gasteiger partial charge in [0.25, 0.3) is 11.6 Å². The Morgan fingerprint density at radius 1 is 1.04 bits per heavy atom. The lowest BCUT2D eigenvalue weighted by Crippen LogP contribution is -2.20. The fourth-order valence-electron chi connectivity index (χ4n) is 2.74. The summed E-state index contributed by atoms with van der Waals surface area (Å²) in [6, 6.07) is 17.3. The van der Waals surface area contributed by atoms with E-state index >= 15 is 0 Å². The Kier molecular flexibility index (Phi) is 3.23. The van der Waals surface area contributed by atoms with E-state index in [9.17, 15) is 4.79 Å². The second-order valence-corrected chi connectivity index (χ2v) is 5.55. The predicted molar refractivity (Wildman–Crippen MR) is 93.0 cm³/mol. The summed E-state index contributed by atoms with van der Waals surface area (Å²) in [6.45, 7) is 1.88. The Bertz CT molecular complexity index is 1040. The average Bonchev–Trinajstić information content (AvgIpc) is 3.10. The lowest BCUT2D eigenvalue weighted by Gasteiger charge is -2.07. The van der Waals surface area contributed by atoms with Gasteiger partial charge >= 0.3 is 0 Å². The normalized spacial score (nSPS) is 11.1. The molecule has 4 aromatic rings. The van der Waals surface area contributed by atoms with Crippen LogP contribution < -0.4 is 10.9 Å². The van der Waals surface area contributed by atoms with E-state index in [2.05, 4.69) is 10.3 Å². The molecule has 24 heavy (non-hydrogen) atoms. The summed E-state index contributed by atoms with van der Waals surface area (Å²) >= 11 is 0. The van der Waals surface area contributed by atoms with Gasteiger partial charge in [-0.05, 0) is 31.2 Å². The molecule has 1 N–H and O–H groups in total. The summed E-state index contributed by atoms with van der Waals surface area (Å²) in [5, 5.41) is 3.03.